The summed E-state index contributed by atoms with van der Waals surface area (Å²) in [5.41, 5.74) is 1.13. The molecular weight excluding hydrogens is 282 g/mol. The summed E-state index contributed by atoms with van der Waals surface area (Å²) in [7, 11) is -3.09. The van der Waals surface area contributed by atoms with Gasteiger partial charge in [0.05, 0.1) is 4.90 Å². The molecule has 0 radical (unpaired) electrons. The number of rotatable bonds is 10. The van der Waals surface area contributed by atoms with Crippen LogP contribution in [0, 0.1) is 0 Å². The van der Waals surface area contributed by atoms with Gasteiger partial charge in [0.1, 0.15) is 0 Å². The summed E-state index contributed by atoms with van der Waals surface area (Å²) in [4.78, 5) is 0.384. The Balaban J connectivity index is 2.28. The molecule has 0 spiro atoms. The van der Waals surface area contributed by atoms with Crippen LogP contribution in [0.25, 0.3) is 0 Å². The normalized spacial score (nSPS) is 13.3. The largest absolute Gasteiger partial charge is 0.310 e. The van der Waals surface area contributed by atoms with Crippen LogP contribution < -0.4 is 5.32 Å². The molecule has 0 amide bonds. The summed E-state index contributed by atoms with van der Waals surface area (Å²) < 4.78 is 22.8. The summed E-state index contributed by atoms with van der Waals surface area (Å²) in [6.45, 7) is 5.24. The maximum absolute atomic E-state index is 11.4. The molecule has 0 aliphatic carbocycles. The van der Waals surface area contributed by atoms with Crippen LogP contribution >= 0.6 is 0 Å². The van der Waals surface area contributed by atoms with Gasteiger partial charge in [-0.25, -0.2) is 8.42 Å². The summed E-state index contributed by atoms with van der Waals surface area (Å²) in [6.07, 6.45) is 9.01. The zero-order valence-electron chi connectivity index (χ0n) is 13.6. The fourth-order valence-corrected chi connectivity index (χ4v) is 2.93. The van der Waals surface area contributed by atoms with E-state index >= 15 is 0 Å². The van der Waals surface area contributed by atoms with E-state index in [0.29, 0.717) is 10.9 Å². The highest BCUT2D eigenvalue weighted by Gasteiger charge is 2.06. The molecule has 0 bridgehead atoms. The van der Waals surface area contributed by atoms with Crippen molar-refractivity contribution in [2.24, 2.45) is 0 Å². The van der Waals surface area contributed by atoms with E-state index in [-0.39, 0.29) is 0 Å². The third kappa shape index (κ3) is 7.63. The molecule has 0 aromatic heterocycles. The van der Waals surface area contributed by atoms with Crippen molar-refractivity contribution in [2.75, 3.05) is 6.26 Å². The SMILES string of the molecule is CCCCCCCC(C)NCc1ccc(S(C)(=O)=O)cc1. The fraction of sp³-hybridized carbons (Fsp3) is 0.647. The predicted octanol–water partition coefficient (Wildman–Crippen LogP) is 3.93. The predicted molar refractivity (Wildman–Crippen MR) is 89.2 cm³/mol. The van der Waals surface area contributed by atoms with Crippen LogP contribution in [-0.4, -0.2) is 20.7 Å². The van der Waals surface area contributed by atoms with Gasteiger partial charge in [0, 0.05) is 18.8 Å². The van der Waals surface area contributed by atoms with Crippen molar-refractivity contribution >= 4 is 9.84 Å². The summed E-state index contributed by atoms with van der Waals surface area (Å²) in [5, 5.41) is 3.50. The third-order valence-corrected chi connectivity index (χ3v) is 4.88. The molecular formula is C17H29NO2S. The molecule has 1 unspecified atom stereocenters. The lowest BCUT2D eigenvalue weighted by Crippen LogP contribution is -2.25. The molecule has 120 valence electrons. The molecule has 0 fully saturated rings. The lowest BCUT2D eigenvalue weighted by atomic mass is 10.1. The zero-order valence-corrected chi connectivity index (χ0v) is 14.4. The van der Waals surface area contributed by atoms with Crippen LogP contribution in [-0.2, 0) is 16.4 Å². The van der Waals surface area contributed by atoms with E-state index in [0.717, 1.165) is 12.1 Å². The average molecular weight is 311 g/mol. The second kappa shape index (κ2) is 9.21. The first kappa shape index (κ1) is 18.2. The van der Waals surface area contributed by atoms with Crippen LogP contribution in [0.1, 0.15) is 57.9 Å². The Hall–Kier alpha value is -0.870. The molecule has 1 aromatic carbocycles. The molecule has 21 heavy (non-hydrogen) atoms. The monoisotopic (exact) mass is 311 g/mol. The Kier molecular flexibility index (Phi) is 7.97. The van der Waals surface area contributed by atoms with Crippen LogP contribution in [0.4, 0.5) is 0 Å². The molecule has 0 aliphatic rings. The molecule has 0 saturated heterocycles. The van der Waals surface area contributed by atoms with Gasteiger partial charge in [0.25, 0.3) is 0 Å². The molecule has 1 rings (SSSR count). The highest BCUT2D eigenvalue weighted by atomic mass is 32.2. The Morgan fingerprint density at radius 1 is 1.05 bits per heavy atom. The maximum Gasteiger partial charge on any atom is 0.175 e. The lowest BCUT2D eigenvalue weighted by molar-refractivity contribution is 0.480. The van der Waals surface area contributed by atoms with Crippen molar-refractivity contribution in [3.8, 4) is 0 Å². The van der Waals surface area contributed by atoms with Gasteiger partial charge >= 0.3 is 0 Å². The van der Waals surface area contributed by atoms with E-state index in [9.17, 15) is 8.42 Å². The Bertz CT molecular complexity index is 494. The van der Waals surface area contributed by atoms with E-state index in [1.54, 1.807) is 12.1 Å². The standard InChI is InChI=1S/C17H29NO2S/c1-4-5-6-7-8-9-15(2)18-14-16-10-12-17(13-11-16)21(3,19)20/h10-13,15,18H,4-9,14H2,1-3H3. The number of unbranched alkanes of at least 4 members (excludes halogenated alkanes) is 4. The van der Waals surface area contributed by atoms with Gasteiger partial charge in [0.15, 0.2) is 9.84 Å². The Morgan fingerprint density at radius 3 is 2.24 bits per heavy atom. The highest BCUT2D eigenvalue weighted by molar-refractivity contribution is 7.90. The van der Waals surface area contributed by atoms with Crippen LogP contribution in [0.3, 0.4) is 0 Å². The van der Waals surface area contributed by atoms with Gasteiger partial charge in [-0.15, -0.1) is 0 Å². The van der Waals surface area contributed by atoms with Gasteiger partial charge in [-0.2, -0.15) is 0 Å². The first-order valence-electron chi connectivity index (χ1n) is 7.96. The Morgan fingerprint density at radius 2 is 1.67 bits per heavy atom. The van der Waals surface area contributed by atoms with E-state index in [1.807, 2.05) is 12.1 Å². The van der Waals surface area contributed by atoms with E-state index in [2.05, 4.69) is 19.2 Å². The van der Waals surface area contributed by atoms with Gasteiger partial charge in [-0.1, -0.05) is 51.2 Å². The van der Waals surface area contributed by atoms with Crippen LogP contribution in [0.5, 0.6) is 0 Å². The summed E-state index contributed by atoms with van der Waals surface area (Å²) in [5.74, 6) is 0. The van der Waals surface area contributed by atoms with Crippen molar-refractivity contribution in [2.45, 2.75) is 69.9 Å². The molecule has 0 saturated carbocycles. The van der Waals surface area contributed by atoms with Gasteiger partial charge in [-0.05, 0) is 31.0 Å². The minimum Gasteiger partial charge on any atom is -0.310 e. The maximum atomic E-state index is 11.4. The van der Waals surface area contributed by atoms with E-state index in [4.69, 9.17) is 0 Å². The van der Waals surface area contributed by atoms with E-state index in [1.165, 1.54) is 44.8 Å². The van der Waals surface area contributed by atoms with E-state index < -0.39 is 9.84 Å². The number of hydrogen-bond acceptors (Lipinski definition) is 3. The van der Waals surface area contributed by atoms with Gasteiger partial charge in [-0.3, -0.25) is 0 Å². The molecule has 1 atom stereocenters. The van der Waals surface area contributed by atoms with Gasteiger partial charge < -0.3 is 5.32 Å². The fourth-order valence-electron chi connectivity index (χ4n) is 2.30. The first-order valence-corrected chi connectivity index (χ1v) is 9.85. The first-order chi connectivity index (χ1) is 9.93. The summed E-state index contributed by atoms with van der Waals surface area (Å²) >= 11 is 0. The van der Waals surface area contributed by atoms with Crippen LogP contribution in [0.2, 0.25) is 0 Å². The van der Waals surface area contributed by atoms with Gasteiger partial charge in [0.2, 0.25) is 0 Å². The zero-order chi connectivity index (χ0) is 15.7. The van der Waals surface area contributed by atoms with Crippen molar-refractivity contribution in [1.29, 1.82) is 0 Å². The molecule has 0 aliphatic heterocycles. The van der Waals surface area contributed by atoms with Crippen molar-refractivity contribution in [3.63, 3.8) is 0 Å². The quantitative estimate of drug-likeness (QED) is 0.666. The topological polar surface area (TPSA) is 46.2 Å². The highest BCUT2D eigenvalue weighted by Crippen LogP contribution is 2.11. The average Bonchev–Trinajstić information content (AvgIpc) is 2.44. The van der Waals surface area contributed by atoms with Crippen LogP contribution in [0.15, 0.2) is 29.2 Å². The third-order valence-electron chi connectivity index (χ3n) is 3.75. The second-order valence-electron chi connectivity index (χ2n) is 5.90. The Labute approximate surface area is 130 Å². The van der Waals surface area contributed by atoms with Crippen molar-refractivity contribution in [3.05, 3.63) is 29.8 Å². The molecule has 0 heterocycles. The number of sulfone groups is 1. The summed E-state index contributed by atoms with van der Waals surface area (Å²) in [6, 6.07) is 7.64. The minimum absolute atomic E-state index is 0.384. The second-order valence-corrected chi connectivity index (χ2v) is 7.92. The molecule has 4 heteroatoms. The molecule has 1 N–H and O–H groups in total. The number of nitrogens with one attached hydrogen (secondary N) is 1. The number of benzene rings is 1. The molecule has 3 nitrogen and oxygen atoms in total. The number of hydrogen-bond donors (Lipinski definition) is 1. The minimum atomic E-state index is -3.09. The lowest BCUT2D eigenvalue weighted by Gasteiger charge is -2.14. The van der Waals surface area contributed by atoms with Crippen molar-refractivity contribution < 1.29 is 8.42 Å². The smallest absolute Gasteiger partial charge is 0.175 e. The molecule has 1 aromatic rings. The van der Waals surface area contributed by atoms with Crippen molar-refractivity contribution in [1.82, 2.24) is 5.32 Å².